The summed E-state index contributed by atoms with van der Waals surface area (Å²) in [6.45, 7) is 5.39. The van der Waals surface area contributed by atoms with E-state index in [0.29, 0.717) is 24.6 Å². The molecule has 0 spiro atoms. The van der Waals surface area contributed by atoms with Crippen LogP contribution in [-0.4, -0.2) is 68.5 Å². The van der Waals surface area contributed by atoms with Gasteiger partial charge in [-0.05, 0) is 49.6 Å². The molecule has 5 aromatic rings. The van der Waals surface area contributed by atoms with Crippen molar-refractivity contribution in [2.45, 2.75) is 38.3 Å². The molecule has 9 nitrogen and oxygen atoms in total. The summed E-state index contributed by atoms with van der Waals surface area (Å²) in [5.41, 5.74) is 4.49. The van der Waals surface area contributed by atoms with Crippen LogP contribution in [0.2, 0.25) is 0 Å². The summed E-state index contributed by atoms with van der Waals surface area (Å²) in [5, 5.41) is 5.47. The van der Waals surface area contributed by atoms with Gasteiger partial charge in [-0.15, -0.1) is 11.3 Å². The molecular formula is C31H31N7O2S2. The number of carbonyl (C=O) groups is 2. The number of hydrogen-bond donors (Lipinski definition) is 1. The molecule has 214 valence electrons. The minimum Gasteiger partial charge on any atom is -0.335 e. The number of imidazole rings is 1. The number of para-hydroxylation sites is 2. The molecule has 2 aliphatic rings. The maximum Gasteiger partial charge on any atom is 0.282 e. The van der Waals surface area contributed by atoms with Crippen molar-refractivity contribution < 1.29 is 9.59 Å². The molecule has 42 heavy (non-hydrogen) atoms. The van der Waals surface area contributed by atoms with Gasteiger partial charge < -0.3 is 19.7 Å². The van der Waals surface area contributed by atoms with E-state index in [4.69, 9.17) is 4.98 Å². The second-order valence-electron chi connectivity index (χ2n) is 10.8. The highest BCUT2D eigenvalue weighted by Crippen LogP contribution is 2.36. The molecule has 0 aliphatic carbocycles. The Morgan fingerprint density at radius 3 is 2.64 bits per heavy atom. The first-order valence-corrected chi connectivity index (χ1v) is 16.0. The maximum atomic E-state index is 13.1. The Hall–Kier alpha value is -3.93. The minimum absolute atomic E-state index is 0.0581. The molecule has 2 aliphatic heterocycles. The first kappa shape index (κ1) is 26.9. The fraction of sp³-hybridized carbons (Fsp3) is 0.323. The molecule has 2 saturated heterocycles. The molecule has 2 fully saturated rings. The van der Waals surface area contributed by atoms with Crippen LogP contribution in [0.25, 0.3) is 21.5 Å². The zero-order valence-corrected chi connectivity index (χ0v) is 24.9. The van der Waals surface area contributed by atoms with Crippen molar-refractivity contribution in [1.82, 2.24) is 29.7 Å². The Kier molecular flexibility index (Phi) is 7.31. The van der Waals surface area contributed by atoms with E-state index in [2.05, 4.69) is 50.2 Å². The van der Waals surface area contributed by atoms with E-state index in [0.717, 1.165) is 57.4 Å². The zero-order valence-electron chi connectivity index (χ0n) is 23.3. The molecule has 2 amide bonds. The topological polar surface area (TPSA) is 96.3 Å². The lowest BCUT2D eigenvalue weighted by atomic mass is 10.0. The summed E-state index contributed by atoms with van der Waals surface area (Å²) in [6.07, 6.45) is 7.34. The van der Waals surface area contributed by atoms with Crippen LogP contribution in [0.5, 0.6) is 0 Å². The van der Waals surface area contributed by atoms with Crippen LogP contribution in [0.15, 0.2) is 67.3 Å². The van der Waals surface area contributed by atoms with Crippen molar-refractivity contribution in [2.24, 2.45) is 0 Å². The lowest BCUT2D eigenvalue weighted by Gasteiger charge is -2.37. The van der Waals surface area contributed by atoms with Gasteiger partial charge in [0.05, 0.1) is 39.5 Å². The number of fused-ring (bicyclic) bond motifs is 1. The molecule has 3 aromatic heterocycles. The highest BCUT2D eigenvalue weighted by Gasteiger charge is 2.36. The fourth-order valence-electron chi connectivity index (χ4n) is 5.65. The smallest absolute Gasteiger partial charge is 0.282 e. The van der Waals surface area contributed by atoms with Crippen molar-refractivity contribution in [3.63, 3.8) is 0 Å². The average Bonchev–Trinajstić information content (AvgIpc) is 3.81. The number of aromatic nitrogens is 4. The van der Waals surface area contributed by atoms with Crippen molar-refractivity contribution in [1.29, 1.82) is 0 Å². The van der Waals surface area contributed by atoms with E-state index >= 15 is 0 Å². The first-order valence-electron chi connectivity index (χ1n) is 14.3. The average molecular weight is 598 g/mol. The number of carbonyl (C=O) groups excluding carboxylic acids is 2. The molecule has 1 atom stereocenters. The second-order valence-corrected chi connectivity index (χ2v) is 12.8. The first-order chi connectivity index (χ1) is 20.6. The maximum absolute atomic E-state index is 13.1. The van der Waals surface area contributed by atoms with Gasteiger partial charge in [0.1, 0.15) is 5.00 Å². The van der Waals surface area contributed by atoms with Crippen LogP contribution >= 0.6 is 22.7 Å². The summed E-state index contributed by atoms with van der Waals surface area (Å²) >= 11 is 2.99. The molecule has 0 bridgehead atoms. The standard InChI is InChI=1S/C31H31N7O2S2/c1-2-38(30(39)24-7-5-13-32-24)27-15-34-29(42-27)31(40)36-17-22(18-36)28-33-14-26(41-28)21-11-9-20(10-12-21)16-37-19-35-23-6-3-4-8-25(23)37/h3-4,6,8-12,14-15,19,22,24,32H,2,5,7,13,16-18H2,1H3/t24-/m0/s1. The van der Waals surface area contributed by atoms with Crippen LogP contribution in [0.3, 0.4) is 0 Å². The van der Waals surface area contributed by atoms with Crippen molar-refractivity contribution in [2.75, 3.05) is 31.1 Å². The van der Waals surface area contributed by atoms with E-state index < -0.39 is 0 Å². The van der Waals surface area contributed by atoms with Crippen molar-refractivity contribution in [3.05, 3.63) is 82.8 Å². The van der Waals surface area contributed by atoms with Gasteiger partial charge in [-0.3, -0.25) is 9.59 Å². The molecule has 1 N–H and O–H groups in total. The van der Waals surface area contributed by atoms with E-state index in [1.165, 1.54) is 16.9 Å². The third-order valence-electron chi connectivity index (χ3n) is 8.04. The van der Waals surface area contributed by atoms with Crippen LogP contribution in [0.1, 0.15) is 46.1 Å². The van der Waals surface area contributed by atoms with Crippen molar-refractivity contribution >= 4 is 50.5 Å². The predicted molar refractivity (Wildman–Crippen MR) is 166 cm³/mol. The number of likely N-dealkylation sites (N-methyl/N-ethyl adjacent to an activating group) is 1. The van der Waals surface area contributed by atoms with Gasteiger partial charge in [0, 0.05) is 38.3 Å². The highest BCUT2D eigenvalue weighted by atomic mass is 32.1. The van der Waals surface area contributed by atoms with Gasteiger partial charge in [0.25, 0.3) is 5.91 Å². The van der Waals surface area contributed by atoms with Gasteiger partial charge in [-0.2, -0.15) is 0 Å². The van der Waals surface area contributed by atoms with Crippen LogP contribution in [0.4, 0.5) is 5.00 Å². The fourth-order valence-corrected chi connectivity index (χ4v) is 7.61. The Bertz CT molecular complexity index is 1730. The Labute approximate surface area is 251 Å². The van der Waals surface area contributed by atoms with E-state index in [-0.39, 0.29) is 23.8 Å². The lowest BCUT2D eigenvalue weighted by molar-refractivity contribution is -0.120. The number of anilines is 1. The Morgan fingerprint density at radius 1 is 1.02 bits per heavy atom. The monoisotopic (exact) mass is 597 g/mol. The number of rotatable bonds is 8. The number of nitrogens with one attached hydrogen (secondary N) is 1. The molecule has 7 rings (SSSR count). The van der Waals surface area contributed by atoms with Gasteiger partial charge >= 0.3 is 0 Å². The molecule has 0 radical (unpaired) electrons. The highest BCUT2D eigenvalue weighted by molar-refractivity contribution is 7.17. The summed E-state index contributed by atoms with van der Waals surface area (Å²) in [6, 6.07) is 16.6. The predicted octanol–water partition coefficient (Wildman–Crippen LogP) is 5.01. The summed E-state index contributed by atoms with van der Waals surface area (Å²) < 4.78 is 2.17. The number of hydrogen-bond acceptors (Lipinski definition) is 8. The zero-order chi connectivity index (χ0) is 28.6. The van der Waals surface area contributed by atoms with Crippen LogP contribution < -0.4 is 10.2 Å². The number of nitrogens with zero attached hydrogens (tertiary/aromatic N) is 6. The van der Waals surface area contributed by atoms with Crippen molar-refractivity contribution in [3.8, 4) is 10.4 Å². The summed E-state index contributed by atoms with van der Waals surface area (Å²) in [5.74, 6) is 0.203. The van der Waals surface area contributed by atoms with Gasteiger partial charge in [-0.25, -0.2) is 15.0 Å². The third-order valence-corrected chi connectivity index (χ3v) is 10.3. The third kappa shape index (κ3) is 5.12. The van der Waals surface area contributed by atoms with E-state index in [9.17, 15) is 9.59 Å². The van der Waals surface area contributed by atoms with E-state index in [1.807, 2.05) is 42.5 Å². The molecule has 5 heterocycles. The van der Waals surface area contributed by atoms with Gasteiger partial charge in [0.2, 0.25) is 5.91 Å². The number of likely N-dealkylation sites (tertiary alicyclic amines) is 1. The largest absolute Gasteiger partial charge is 0.335 e. The van der Waals surface area contributed by atoms with Gasteiger partial charge in [-0.1, -0.05) is 47.7 Å². The summed E-state index contributed by atoms with van der Waals surface area (Å²) in [4.78, 5) is 44.3. The second kappa shape index (κ2) is 11.4. The molecular weight excluding hydrogens is 567 g/mol. The molecule has 2 aromatic carbocycles. The molecule has 0 unspecified atom stereocenters. The minimum atomic E-state index is -0.147. The normalized spacial score (nSPS) is 17.1. The lowest BCUT2D eigenvalue weighted by Crippen LogP contribution is -2.48. The van der Waals surface area contributed by atoms with E-state index in [1.54, 1.807) is 22.4 Å². The number of thiazole rings is 2. The van der Waals surface area contributed by atoms with Crippen LogP contribution in [-0.2, 0) is 11.3 Å². The quantitative estimate of drug-likeness (QED) is 0.270. The summed E-state index contributed by atoms with van der Waals surface area (Å²) in [7, 11) is 0. The number of benzene rings is 2. The molecule has 11 heteroatoms. The Morgan fingerprint density at radius 2 is 1.86 bits per heavy atom. The molecule has 0 saturated carbocycles. The van der Waals surface area contributed by atoms with Crippen LogP contribution in [0, 0.1) is 0 Å². The Balaban J connectivity index is 0.957. The SMILES string of the molecule is CCN(C(=O)[C@@H]1CCCN1)c1cnc(C(=O)N2CC(c3ncc(-c4ccc(Cn5cnc6ccccc65)cc4)s3)C2)s1. The van der Waals surface area contributed by atoms with Gasteiger partial charge in [0.15, 0.2) is 5.01 Å². The number of amides is 2.